The molecule has 4 rings (SSSR count). The number of hydrazone groups is 1. The number of imide groups is 1. The minimum atomic E-state index is -0.778. The minimum Gasteiger partial charge on any atom is -0.493 e. The van der Waals surface area contributed by atoms with Crippen LogP contribution in [0.2, 0.25) is 0 Å². The van der Waals surface area contributed by atoms with E-state index in [-0.39, 0.29) is 5.91 Å². The molecule has 2 aromatic carbocycles. The van der Waals surface area contributed by atoms with Gasteiger partial charge in [0.05, 0.1) is 13.3 Å². The molecule has 2 aliphatic rings. The summed E-state index contributed by atoms with van der Waals surface area (Å²) in [6.45, 7) is 0.426. The molecular weight excluding hydrogens is 382 g/mol. The monoisotopic (exact) mass is 407 g/mol. The van der Waals surface area contributed by atoms with Crippen molar-refractivity contribution >= 4 is 18.2 Å². The van der Waals surface area contributed by atoms with Gasteiger partial charge in [0, 0.05) is 0 Å². The smallest absolute Gasteiger partial charge is 0.346 e. The van der Waals surface area contributed by atoms with Gasteiger partial charge in [0.1, 0.15) is 12.1 Å². The van der Waals surface area contributed by atoms with Crippen LogP contribution in [0.4, 0.5) is 4.79 Å². The SMILES string of the molecule is COc1cc(/C=N\N2C(=O)NC3(CCCCC3)C2=O)ccc1OCc1ccccc1. The Hall–Kier alpha value is -3.35. The highest BCUT2D eigenvalue weighted by Crippen LogP contribution is 2.34. The summed E-state index contributed by atoms with van der Waals surface area (Å²) in [5.74, 6) is 0.892. The maximum absolute atomic E-state index is 12.8. The molecule has 1 saturated heterocycles. The van der Waals surface area contributed by atoms with Crippen molar-refractivity contribution in [3.63, 3.8) is 0 Å². The number of rotatable bonds is 6. The fourth-order valence-electron chi connectivity index (χ4n) is 3.95. The number of urea groups is 1. The second-order valence-corrected chi connectivity index (χ2v) is 7.62. The van der Waals surface area contributed by atoms with E-state index in [0.29, 0.717) is 36.5 Å². The van der Waals surface area contributed by atoms with E-state index in [1.54, 1.807) is 25.3 Å². The van der Waals surface area contributed by atoms with Gasteiger partial charge in [-0.1, -0.05) is 49.6 Å². The second kappa shape index (κ2) is 8.57. The van der Waals surface area contributed by atoms with Crippen molar-refractivity contribution < 1.29 is 19.1 Å². The Balaban J connectivity index is 1.46. The molecule has 2 fully saturated rings. The third-order valence-corrected chi connectivity index (χ3v) is 5.59. The molecule has 7 nitrogen and oxygen atoms in total. The summed E-state index contributed by atoms with van der Waals surface area (Å²) in [7, 11) is 1.57. The Morgan fingerprint density at radius 3 is 2.57 bits per heavy atom. The molecule has 30 heavy (non-hydrogen) atoms. The number of nitrogens with one attached hydrogen (secondary N) is 1. The van der Waals surface area contributed by atoms with Crippen LogP contribution in [0.3, 0.4) is 0 Å². The zero-order chi connectivity index (χ0) is 21.0. The lowest BCUT2D eigenvalue weighted by Crippen LogP contribution is -2.48. The average molecular weight is 407 g/mol. The standard InChI is InChI=1S/C23H25N3O4/c1-29-20-14-18(10-11-19(20)30-16-17-8-4-2-5-9-17)15-24-26-21(27)23(25-22(26)28)12-6-3-7-13-23/h2,4-5,8-11,14-15H,3,6-7,12-13,16H2,1H3,(H,25,28)/b24-15-. The van der Waals surface area contributed by atoms with Gasteiger partial charge in [0.15, 0.2) is 11.5 Å². The Morgan fingerprint density at radius 1 is 1.07 bits per heavy atom. The highest BCUT2D eigenvalue weighted by atomic mass is 16.5. The second-order valence-electron chi connectivity index (χ2n) is 7.62. The van der Waals surface area contributed by atoms with E-state index in [2.05, 4.69) is 10.4 Å². The lowest BCUT2D eigenvalue weighted by molar-refractivity contribution is -0.132. The quantitative estimate of drug-likeness (QED) is 0.582. The number of hydrogen-bond acceptors (Lipinski definition) is 5. The van der Waals surface area contributed by atoms with Crippen LogP contribution in [-0.2, 0) is 11.4 Å². The summed E-state index contributed by atoms with van der Waals surface area (Å²) >= 11 is 0. The topological polar surface area (TPSA) is 80.2 Å². The fourth-order valence-corrected chi connectivity index (χ4v) is 3.95. The largest absolute Gasteiger partial charge is 0.493 e. The number of nitrogens with zero attached hydrogens (tertiary/aromatic N) is 2. The first kappa shape index (κ1) is 19.9. The number of ether oxygens (including phenoxy) is 2. The van der Waals surface area contributed by atoms with Gasteiger partial charge >= 0.3 is 6.03 Å². The molecule has 1 heterocycles. The van der Waals surface area contributed by atoms with Crippen LogP contribution in [-0.4, -0.2) is 35.8 Å². The van der Waals surface area contributed by atoms with Gasteiger partial charge < -0.3 is 14.8 Å². The normalized spacial score (nSPS) is 18.1. The van der Waals surface area contributed by atoms with Gasteiger partial charge in [-0.25, -0.2) is 4.79 Å². The van der Waals surface area contributed by atoms with Crippen LogP contribution in [0.25, 0.3) is 0 Å². The first-order chi connectivity index (χ1) is 14.6. The summed E-state index contributed by atoms with van der Waals surface area (Å²) in [5, 5.41) is 7.94. The minimum absolute atomic E-state index is 0.266. The number of benzene rings is 2. The maximum atomic E-state index is 12.8. The summed E-state index contributed by atoms with van der Waals surface area (Å²) in [6, 6.07) is 14.8. The van der Waals surface area contributed by atoms with E-state index >= 15 is 0 Å². The number of methoxy groups -OCH3 is 1. The fraction of sp³-hybridized carbons (Fsp3) is 0.348. The van der Waals surface area contributed by atoms with Gasteiger partial charge in [-0.3, -0.25) is 4.79 Å². The summed E-state index contributed by atoms with van der Waals surface area (Å²) in [5.41, 5.74) is 0.976. The van der Waals surface area contributed by atoms with Crippen molar-refractivity contribution in [1.29, 1.82) is 0 Å². The lowest BCUT2D eigenvalue weighted by atomic mass is 9.82. The van der Waals surface area contributed by atoms with Gasteiger partial charge in [-0.15, -0.1) is 5.01 Å². The molecule has 1 saturated carbocycles. The molecule has 1 spiro atoms. The van der Waals surface area contributed by atoms with Crippen molar-refractivity contribution in [2.24, 2.45) is 5.10 Å². The van der Waals surface area contributed by atoms with E-state index in [1.807, 2.05) is 30.3 Å². The lowest BCUT2D eigenvalue weighted by Gasteiger charge is -2.29. The number of carbonyl (C=O) groups excluding carboxylic acids is 2. The number of hydrogen-bond donors (Lipinski definition) is 1. The molecular formula is C23H25N3O4. The predicted octanol–water partition coefficient (Wildman–Crippen LogP) is 3.86. The van der Waals surface area contributed by atoms with Crippen molar-refractivity contribution in [2.75, 3.05) is 7.11 Å². The van der Waals surface area contributed by atoms with Crippen LogP contribution in [0.15, 0.2) is 53.6 Å². The van der Waals surface area contributed by atoms with Crippen molar-refractivity contribution in [1.82, 2.24) is 10.3 Å². The molecule has 0 unspecified atom stereocenters. The summed E-state index contributed by atoms with van der Waals surface area (Å²) in [4.78, 5) is 25.1. The molecule has 3 amide bonds. The number of amides is 3. The number of carbonyl (C=O) groups is 2. The van der Waals surface area contributed by atoms with Crippen LogP contribution < -0.4 is 14.8 Å². The van der Waals surface area contributed by atoms with E-state index in [0.717, 1.165) is 29.8 Å². The summed E-state index contributed by atoms with van der Waals surface area (Å²) in [6.07, 6.45) is 5.79. The van der Waals surface area contributed by atoms with Crippen LogP contribution in [0, 0.1) is 0 Å². The molecule has 0 radical (unpaired) electrons. The van der Waals surface area contributed by atoms with Gasteiger partial charge in [0.25, 0.3) is 5.91 Å². The Kier molecular flexibility index (Phi) is 5.70. The zero-order valence-corrected chi connectivity index (χ0v) is 17.0. The molecule has 1 N–H and O–H groups in total. The molecule has 0 bridgehead atoms. The first-order valence-electron chi connectivity index (χ1n) is 10.2. The molecule has 1 aliphatic carbocycles. The van der Waals surface area contributed by atoms with Crippen molar-refractivity contribution in [2.45, 2.75) is 44.2 Å². The molecule has 2 aromatic rings. The van der Waals surface area contributed by atoms with Crippen LogP contribution in [0.1, 0.15) is 43.2 Å². The molecule has 7 heteroatoms. The molecule has 1 aliphatic heterocycles. The summed E-state index contributed by atoms with van der Waals surface area (Å²) < 4.78 is 11.3. The Bertz CT molecular complexity index is 952. The zero-order valence-electron chi connectivity index (χ0n) is 17.0. The third kappa shape index (κ3) is 4.01. The van der Waals surface area contributed by atoms with Gasteiger partial charge in [-0.2, -0.15) is 5.10 Å². The van der Waals surface area contributed by atoms with Gasteiger partial charge in [-0.05, 0) is 42.2 Å². The predicted molar refractivity (Wildman–Crippen MR) is 113 cm³/mol. The van der Waals surface area contributed by atoms with Crippen molar-refractivity contribution in [3.05, 3.63) is 59.7 Å². The van der Waals surface area contributed by atoms with E-state index in [4.69, 9.17) is 9.47 Å². The van der Waals surface area contributed by atoms with Gasteiger partial charge in [0.2, 0.25) is 0 Å². The molecule has 0 aromatic heterocycles. The molecule has 156 valence electrons. The maximum Gasteiger partial charge on any atom is 0.346 e. The van der Waals surface area contributed by atoms with Crippen LogP contribution >= 0.6 is 0 Å². The highest BCUT2D eigenvalue weighted by Gasteiger charge is 2.51. The third-order valence-electron chi connectivity index (χ3n) is 5.59. The van der Waals surface area contributed by atoms with E-state index < -0.39 is 11.6 Å². The average Bonchev–Trinajstić information content (AvgIpc) is 3.00. The Morgan fingerprint density at radius 2 is 1.83 bits per heavy atom. The first-order valence-corrected chi connectivity index (χ1v) is 10.2. The van der Waals surface area contributed by atoms with E-state index in [1.165, 1.54) is 6.21 Å². The van der Waals surface area contributed by atoms with Crippen molar-refractivity contribution in [3.8, 4) is 11.5 Å². The highest BCUT2D eigenvalue weighted by molar-refractivity contribution is 6.07. The van der Waals surface area contributed by atoms with E-state index in [9.17, 15) is 9.59 Å². The molecule has 0 atom stereocenters. The van der Waals surface area contributed by atoms with Crippen LogP contribution in [0.5, 0.6) is 11.5 Å². The Labute approximate surface area is 175 Å².